The molecule has 6 heteroatoms. The Morgan fingerprint density at radius 3 is 3.00 bits per heavy atom. The highest BCUT2D eigenvalue weighted by Gasteiger charge is 2.54. The van der Waals surface area contributed by atoms with Gasteiger partial charge in [0.25, 0.3) is 5.91 Å². The maximum atomic E-state index is 12.9. The van der Waals surface area contributed by atoms with Crippen molar-refractivity contribution in [1.82, 2.24) is 15.2 Å². The SMILES string of the molecule is CNC(=O)[C@]12CCOC[C@H]1CN(C(=O)c1cc(CC(C)C)c[nH]1)C2. The third-order valence-corrected chi connectivity index (χ3v) is 5.29. The molecule has 2 amide bonds. The summed E-state index contributed by atoms with van der Waals surface area (Å²) in [6.45, 7) is 6.48. The van der Waals surface area contributed by atoms with Gasteiger partial charge in [-0.25, -0.2) is 0 Å². The summed E-state index contributed by atoms with van der Waals surface area (Å²) in [6.07, 6.45) is 3.53. The van der Waals surface area contributed by atoms with Crippen molar-refractivity contribution in [2.45, 2.75) is 26.7 Å². The van der Waals surface area contributed by atoms with Gasteiger partial charge < -0.3 is 19.9 Å². The number of H-pyrrole nitrogens is 1. The average molecular weight is 333 g/mol. The minimum atomic E-state index is -0.504. The molecule has 0 unspecified atom stereocenters. The standard InChI is InChI=1S/C18H27N3O3/c1-12(2)6-13-7-15(20-8-13)16(22)21-9-14-10-24-5-4-18(14,11-21)17(23)19-3/h7-8,12,14,20H,4-6,9-11H2,1-3H3,(H,19,23)/t14-,18+/m1/s1. The maximum Gasteiger partial charge on any atom is 0.270 e. The third kappa shape index (κ3) is 2.95. The van der Waals surface area contributed by atoms with Crippen LogP contribution in [0.15, 0.2) is 12.3 Å². The lowest BCUT2D eigenvalue weighted by molar-refractivity contribution is -0.138. The maximum absolute atomic E-state index is 12.9. The number of carbonyl (C=O) groups is 2. The Bertz CT molecular complexity index is 625. The van der Waals surface area contributed by atoms with Crippen LogP contribution in [0, 0.1) is 17.3 Å². The molecule has 0 spiro atoms. The van der Waals surface area contributed by atoms with Gasteiger partial charge in [0.2, 0.25) is 5.91 Å². The molecule has 2 aliphatic rings. The van der Waals surface area contributed by atoms with Crippen LogP contribution in [0.25, 0.3) is 0 Å². The number of ether oxygens (including phenoxy) is 1. The highest BCUT2D eigenvalue weighted by molar-refractivity contribution is 5.94. The van der Waals surface area contributed by atoms with E-state index < -0.39 is 5.41 Å². The van der Waals surface area contributed by atoms with Crippen molar-refractivity contribution >= 4 is 11.8 Å². The van der Waals surface area contributed by atoms with Crippen molar-refractivity contribution < 1.29 is 14.3 Å². The summed E-state index contributed by atoms with van der Waals surface area (Å²) in [6, 6.07) is 1.94. The van der Waals surface area contributed by atoms with E-state index in [-0.39, 0.29) is 17.7 Å². The second kappa shape index (κ2) is 6.59. The normalized spacial score (nSPS) is 26.5. The lowest BCUT2D eigenvalue weighted by Gasteiger charge is -2.36. The second-order valence-corrected chi connectivity index (χ2v) is 7.46. The van der Waals surface area contributed by atoms with E-state index in [0.29, 0.717) is 44.3 Å². The molecule has 1 aromatic rings. The molecule has 0 radical (unpaired) electrons. The number of hydrogen-bond acceptors (Lipinski definition) is 3. The van der Waals surface area contributed by atoms with Crippen molar-refractivity contribution in [2.75, 3.05) is 33.4 Å². The Kier molecular flexibility index (Phi) is 4.67. The fourth-order valence-corrected chi connectivity index (χ4v) is 4.05. The van der Waals surface area contributed by atoms with Gasteiger partial charge in [-0.3, -0.25) is 9.59 Å². The van der Waals surface area contributed by atoms with Gasteiger partial charge in [0.15, 0.2) is 0 Å². The van der Waals surface area contributed by atoms with Crippen LogP contribution in [-0.2, 0) is 16.0 Å². The van der Waals surface area contributed by atoms with Gasteiger partial charge in [0.1, 0.15) is 5.69 Å². The molecule has 24 heavy (non-hydrogen) atoms. The van der Waals surface area contributed by atoms with Gasteiger partial charge in [-0.1, -0.05) is 13.8 Å². The third-order valence-electron chi connectivity index (χ3n) is 5.29. The Hall–Kier alpha value is -1.82. The molecule has 2 saturated heterocycles. The summed E-state index contributed by atoms with van der Waals surface area (Å²) < 4.78 is 5.56. The number of fused-ring (bicyclic) bond motifs is 1. The molecule has 3 heterocycles. The number of likely N-dealkylation sites (tertiary alicyclic amines) is 1. The molecule has 0 aromatic carbocycles. The van der Waals surface area contributed by atoms with Gasteiger partial charge in [0, 0.05) is 38.9 Å². The zero-order valence-electron chi connectivity index (χ0n) is 14.7. The molecular formula is C18H27N3O3. The molecule has 0 aliphatic carbocycles. The first-order valence-corrected chi connectivity index (χ1v) is 8.73. The van der Waals surface area contributed by atoms with E-state index in [1.807, 2.05) is 12.3 Å². The summed E-state index contributed by atoms with van der Waals surface area (Å²) >= 11 is 0. The van der Waals surface area contributed by atoms with E-state index >= 15 is 0 Å². The Balaban J connectivity index is 1.77. The van der Waals surface area contributed by atoms with Gasteiger partial charge >= 0.3 is 0 Å². The average Bonchev–Trinajstić information content (AvgIpc) is 3.17. The summed E-state index contributed by atoms with van der Waals surface area (Å²) in [5.41, 5.74) is 1.25. The highest BCUT2D eigenvalue weighted by atomic mass is 16.5. The smallest absolute Gasteiger partial charge is 0.270 e. The Morgan fingerprint density at radius 2 is 2.29 bits per heavy atom. The fourth-order valence-electron chi connectivity index (χ4n) is 4.05. The van der Waals surface area contributed by atoms with Gasteiger partial charge in [-0.2, -0.15) is 0 Å². The van der Waals surface area contributed by atoms with Crippen LogP contribution < -0.4 is 5.32 Å². The molecule has 0 bridgehead atoms. The van der Waals surface area contributed by atoms with E-state index in [1.54, 1.807) is 11.9 Å². The predicted octanol–water partition coefficient (Wildman–Crippen LogP) is 1.44. The Morgan fingerprint density at radius 1 is 1.50 bits per heavy atom. The Labute approximate surface area is 142 Å². The highest BCUT2D eigenvalue weighted by Crippen LogP contribution is 2.42. The number of amides is 2. The van der Waals surface area contributed by atoms with Gasteiger partial charge in [-0.15, -0.1) is 0 Å². The molecule has 2 fully saturated rings. The van der Waals surface area contributed by atoms with Crippen LogP contribution in [0.3, 0.4) is 0 Å². The van der Waals surface area contributed by atoms with Crippen LogP contribution >= 0.6 is 0 Å². The quantitative estimate of drug-likeness (QED) is 0.875. The fraction of sp³-hybridized carbons (Fsp3) is 0.667. The zero-order chi connectivity index (χ0) is 17.3. The lowest BCUT2D eigenvalue weighted by Crippen LogP contribution is -2.49. The van der Waals surface area contributed by atoms with Crippen molar-refractivity contribution in [3.63, 3.8) is 0 Å². The second-order valence-electron chi connectivity index (χ2n) is 7.46. The first-order valence-electron chi connectivity index (χ1n) is 8.73. The van der Waals surface area contributed by atoms with Crippen LogP contribution in [0.2, 0.25) is 0 Å². The topological polar surface area (TPSA) is 74.4 Å². The van der Waals surface area contributed by atoms with E-state index in [4.69, 9.17) is 4.74 Å². The van der Waals surface area contributed by atoms with E-state index in [1.165, 1.54) is 0 Å². The van der Waals surface area contributed by atoms with Crippen LogP contribution in [0.4, 0.5) is 0 Å². The van der Waals surface area contributed by atoms with E-state index in [0.717, 1.165) is 12.0 Å². The van der Waals surface area contributed by atoms with Crippen molar-refractivity contribution in [2.24, 2.45) is 17.3 Å². The number of nitrogens with zero attached hydrogens (tertiary/aromatic N) is 1. The largest absolute Gasteiger partial charge is 0.381 e. The predicted molar refractivity (Wildman–Crippen MR) is 90.7 cm³/mol. The lowest BCUT2D eigenvalue weighted by atomic mass is 9.73. The zero-order valence-corrected chi connectivity index (χ0v) is 14.7. The minimum absolute atomic E-state index is 0.0253. The number of hydrogen-bond donors (Lipinski definition) is 2. The minimum Gasteiger partial charge on any atom is -0.381 e. The summed E-state index contributed by atoms with van der Waals surface area (Å²) in [7, 11) is 1.66. The molecule has 6 nitrogen and oxygen atoms in total. The van der Waals surface area contributed by atoms with Gasteiger partial charge in [0.05, 0.1) is 12.0 Å². The number of aromatic nitrogens is 1. The molecule has 0 saturated carbocycles. The van der Waals surface area contributed by atoms with Crippen LogP contribution in [0.1, 0.15) is 36.3 Å². The summed E-state index contributed by atoms with van der Waals surface area (Å²) in [5.74, 6) is 0.619. The molecule has 132 valence electrons. The molecular weight excluding hydrogens is 306 g/mol. The summed E-state index contributed by atoms with van der Waals surface area (Å²) in [4.78, 5) is 30.3. The number of carbonyl (C=O) groups excluding carboxylic acids is 2. The van der Waals surface area contributed by atoms with E-state index in [9.17, 15) is 9.59 Å². The number of aromatic amines is 1. The summed E-state index contributed by atoms with van der Waals surface area (Å²) in [5, 5.41) is 2.78. The first kappa shape index (κ1) is 17.0. The molecule has 2 aliphatic heterocycles. The van der Waals surface area contributed by atoms with Gasteiger partial charge in [-0.05, 0) is 30.4 Å². The number of nitrogens with one attached hydrogen (secondary N) is 2. The molecule has 2 atom stereocenters. The molecule has 3 rings (SSSR count). The van der Waals surface area contributed by atoms with Crippen molar-refractivity contribution in [3.8, 4) is 0 Å². The first-order chi connectivity index (χ1) is 11.5. The van der Waals surface area contributed by atoms with Crippen molar-refractivity contribution in [3.05, 3.63) is 23.5 Å². The number of rotatable bonds is 4. The molecule has 1 aromatic heterocycles. The van der Waals surface area contributed by atoms with Crippen LogP contribution in [0.5, 0.6) is 0 Å². The molecule has 2 N–H and O–H groups in total. The van der Waals surface area contributed by atoms with E-state index in [2.05, 4.69) is 24.1 Å². The monoisotopic (exact) mass is 333 g/mol. The van der Waals surface area contributed by atoms with Crippen molar-refractivity contribution in [1.29, 1.82) is 0 Å². The van der Waals surface area contributed by atoms with Crippen LogP contribution in [-0.4, -0.2) is 55.0 Å².